The quantitative estimate of drug-likeness (QED) is 0.479. The van der Waals surface area contributed by atoms with Crippen LogP contribution in [0.1, 0.15) is 48.3 Å². The van der Waals surface area contributed by atoms with Gasteiger partial charge in [0, 0.05) is 44.5 Å². The van der Waals surface area contributed by atoms with Crippen LogP contribution in [0.3, 0.4) is 0 Å². The van der Waals surface area contributed by atoms with E-state index < -0.39 is 17.3 Å². The Labute approximate surface area is 196 Å². The molecule has 1 aliphatic carbocycles. The first-order chi connectivity index (χ1) is 16.2. The van der Waals surface area contributed by atoms with E-state index >= 15 is 0 Å². The molecular weight excluding hydrogens is 438 g/mol. The molecule has 0 atom stereocenters. The van der Waals surface area contributed by atoms with Crippen molar-refractivity contribution in [1.29, 1.82) is 0 Å². The minimum absolute atomic E-state index is 0.0331. The Morgan fingerprint density at radius 1 is 1.35 bits per heavy atom. The van der Waals surface area contributed by atoms with Crippen LogP contribution in [-0.4, -0.2) is 58.9 Å². The van der Waals surface area contributed by atoms with Crippen LogP contribution in [-0.2, 0) is 24.9 Å². The van der Waals surface area contributed by atoms with Gasteiger partial charge in [0.15, 0.2) is 5.56 Å². The summed E-state index contributed by atoms with van der Waals surface area (Å²) >= 11 is 0. The second-order valence-corrected chi connectivity index (χ2v) is 9.10. The lowest BCUT2D eigenvalue weighted by Crippen LogP contribution is -2.34. The number of nitrogens with one attached hydrogen (secondary N) is 1. The third kappa shape index (κ3) is 4.73. The Balaban J connectivity index is 1.68. The third-order valence-corrected chi connectivity index (χ3v) is 5.55. The van der Waals surface area contributed by atoms with Crippen LogP contribution in [0.5, 0.6) is 5.88 Å². The van der Waals surface area contributed by atoms with E-state index in [1.165, 1.54) is 21.7 Å². The van der Waals surface area contributed by atoms with Gasteiger partial charge in [0.1, 0.15) is 5.65 Å². The average Bonchev–Trinajstić information content (AvgIpc) is 3.32. The Morgan fingerprint density at radius 2 is 2.09 bits per heavy atom. The number of aromatic nitrogens is 5. The van der Waals surface area contributed by atoms with Gasteiger partial charge >= 0.3 is 0 Å². The van der Waals surface area contributed by atoms with Crippen molar-refractivity contribution in [3.8, 4) is 5.88 Å². The van der Waals surface area contributed by atoms with Crippen LogP contribution in [0.15, 0.2) is 29.3 Å². The molecule has 0 aliphatic heterocycles. The van der Waals surface area contributed by atoms with E-state index in [1.807, 2.05) is 33.2 Å². The number of likely N-dealkylation sites (N-methyl/N-ethyl adjacent to an activating group) is 1. The summed E-state index contributed by atoms with van der Waals surface area (Å²) in [5, 5.41) is 22.1. The highest BCUT2D eigenvalue weighted by molar-refractivity contribution is 5.97. The first-order valence-corrected chi connectivity index (χ1v) is 11.2. The van der Waals surface area contributed by atoms with Crippen molar-refractivity contribution in [2.24, 2.45) is 13.0 Å². The Kier molecular flexibility index (Phi) is 6.27. The predicted octanol–water partition coefficient (Wildman–Crippen LogP) is 1.16. The van der Waals surface area contributed by atoms with Crippen molar-refractivity contribution in [3.05, 3.63) is 51.7 Å². The summed E-state index contributed by atoms with van der Waals surface area (Å²) < 4.78 is 4.27. The van der Waals surface area contributed by atoms with Crippen LogP contribution in [0.4, 0.5) is 0 Å². The van der Waals surface area contributed by atoms with Gasteiger partial charge in [-0.2, -0.15) is 14.7 Å². The molecule has 3 aromatic heterocycles. The highest BCUT2D eigenvalue weighted by Crippen LogP contribution is 2.24. The van der Waals surface area contributed by atoms with Crippen LogP contribution >= 0.6 is 0 Å². The molecule has 3 aromatic rings. The summed E-state index contributed by atoms with van der Waals surface area (Å²) in [6, 6.07) is 1.87. The Morgan fingerprint density at radius 3 is 2.71 bits per heavy atom. The highest BCUT2D eigenvalue weighted by Gasteiger charge is 2.29. The number of aryl methyl sites for hydroxylation is 1. The summed E-state index contributed by atoms with van der Waals surface area (Å²) in [5.74, 6) is -1.16. The van der Waals surface area contributed by atoms with Gasteiger partial charge in [-0.1, -0.05) is 13.8 Å². The molecule has 0 aromatic carbocycles. The van der Waals surface area contributed by atoms with Crippen molar-refractivity contribution in [2.75, 3.05) is 7.05 Å². The zero-order valence-corrected chi connectivity index (χ0v) is 19.7. The Bertz CT molecular complexity index is 1330. The van der Waals surface area contributed by atoms with Crippen molar-refractivity contribution in [3.63, 3.8) is 0 Å². The van der Waals surface area contributed by atoms with Crippen LogP contribution in [0.2, 0.25) is 0 Å². The summed E-state index contributed by atoms with van der Waals surface area (Å²) in [4.78, 5) is 39.9. The minimum Gasteiger partial charge on any atom is -0.494 e. The number of carbonyl (C=O) groups excluding carboxylic acids is 2. The van der Waals surface area contributed by atoms with Gasteiger partial charge in [-0.15, -0.1) is 0 Å². The highest BCUT2D eigenvalue weighted by atomic mass is 16.3. The second-order valence-electron chi connectivity index (χ2n) is 9.10. The van der Waals surface area contributed by atoms with E-state index in [2.05, 4.69) is 15.5 Å². The maximum atomic E-state index is 13.1. The molecule has 2 N–H and O–H groups in total. The summed E-state index contributed by atoms with van der Waals surface area (Å²) in [7, 11) is 3.48. The van der Waals surface area contributed by atoms with Gasteiger partial charge < -0.3 is 15.3 Å². The number of amides is 2. The fourth-order valence-electron chi connectivity index (χ4n) is 3.71. The zero-order valence-electron chi connectivity index (χ0n) is 19.7. The number of hydrogen-bond donors (Lipinski definition) is 2. The number of nitrogens with zero attached hydrogens (tertiary/aromatic N) is 6. The van der Waals surface area contributed by atoms with E-state index in [1.54, 1.807) is 17.8 Å². The molecule has 180 valence electrons. The van der Waals surface area contributed by atoms with E-state index in [0.29, 0.717) is 24.3 Å². The lowest BCUT2D eigenvalue weighted by atomic mass is 10.2. The van der Waals surface area contributed by atoms with Gasteiger partial charge in [0.25, 0.3) is 11.5 Å². The fraction of sp³-hybridized carbons (Fsp3) is 0.435. The van der Waals surface area contributed by atoms with Gasteiger partial charge in [0.2, 0.25) is 11.8 Å². The fourth-order valence-corrected chi connectivity index (χ4v) is 3.71. The lowest BCUT2D eigenvalue weighted by Gasteiger charge is -2.17. The van der Waals surface area contributed by atoms with Crippen LogP contribution in [0.25, 0.3) is 11.7 Å². The van der Waals surface area contributed by atoms with E-state index in [9.17, 15) is 19.5 Å². The molecule has 0 radical (unpaired) electrons. The molecular formula is C23H29N7O4. The van der Waals surface area contributed by atoms with Gasteiger partial charge in [-0.05, 0) is 30.9 Å². The average molecular weight is 468 g/mol. The van der Waals surface area contributed by atoms with Crippen LogP contribution < -0.4 is 10.9 Å². The molecule has 0 saturated heterocycles. The summed E-state index contributed by atoms with van der Waals surface area (Å²) in [5.41, 5.74) is 0.515. The SMILES string of the molecule is CC(C)Cn1c(O)c(C(=O)NC2CC2)c(=O)n2ncc(C=CC(=O)N(C)Cc3ccn(C)n3)c12. The molecule has 1 fully saturated rings. The molecule has 34 heavy (non-hydrogen) atoms. The summed E-state index contributed by atoms with van der Waals surface area (Å²) in [6.45, 7) is 4.61. The van der Waals surface area contributed by atoms with E-state index in [-0.39, 0.29) is 23.4 Å². The maximum Gasteiger partial charge on any atom is 0.291 e. The van der Waals surface area contributed by atoms with Crippen LogP contribution in [0, 0.1) is 5.92 Å². The zero-order chi connectivity index (χ0) is 24.6. The van der Waals surface area contributed by atoms with Gasteiger partial charge in [-0.3, -0.25) is 23.6 Å². The smallest absolute Gasteiger partial charge is 0.291 e. The first-order valence-electron chi connectivity index (χ1n) is 11.2. The molecule has 4 rings (SSSR count). The predicted molar refractivity (Wildman–Crippen MR) is 125 cm³/mol. The van der Waals surface area contributed by atoms with Crippen molar-refractivity contribution >= 4 is 23.5 Å². The molecule has 11 heteroatoms. The first kappa shape index (κ1) is 23.3. The largest absolute Gasteiger partial charge is 0.494 e. The lowest BCUT2D eigenvalue weighted by molar-refractivity contribution is -0.125. The topological polar surface area (TPSA) is 127 Å². The van der Waals surface area contributed by atoms with Crippen molar-refractivity contribution in [2.45, 2.75) is 45.8 Å². The monoisotopic (exact) mass is 467 g/mol. The van der Waals surface area contributed by atoms with Gasteiger partial charge in [0.05, 0.1) is 18.4 Å². The van der Waals surface area contributed by atoms with Crippen molar-refractivity contribution < 1.29 is 14.7 Å². The number of carbonyl (C=O) groups is 2. The number of aromatic hydroxyl groups is 1. The molecule has 11 nitrogen and oxygen atoms in total. The number of fused-ring (bicyclic) bond motifs is 1. The van der Waals surface area contributed by atoms with Gasteiger partial charge in [-0.25, -0.2) is 0 Å². The van der Waals surface area contributed by atoms with E-state index in [4.69, 9.17) is 0 Å². The summed E-state index contributed by atoms with van der Waals surface area (Å²) in [6.07, 6.45) is 7.90. The standard InChI is InChI=1S/C23H29N7O4/c1-14(2)12-29-21-15(5-8-18(31)27(3)13-17-9-10-28(4)26-17)11-24-30(21)23(34)19(22(29)33)20(32)25-16-6-7-16/h5,8-11,14,16,33H,6-7,12-13H2,1-4H3,(H,25,32). The van der Waals surface area contributed by atoms with E-state index in [0.717, 1.165) is 23.1 Å². The molecule has 2 amide bonds. The molecule has 0 unspecified atom stereocenters. The molecule has 0 bridgehead atoms. The minimum atomic E-state index is -0.705. The molecule has 1 saturated carbocycles. The Hall–Kier alpha value is -3.89. The third-order valence-electron chi connectivity index (χ3n) is 5.55. The normalized spacial score (nSPS) is 13.8. The molecule has 3 heterocycles. The molecule has 0 spiro atoms. The molecule has 1 aliphatic rings. The second kappa shape index (κ2) is 9.16. The van der Waals surface area contributed by atoms with Crippen molar-refractivity contribution in [1.82, 2.24) is 34.2 Å². The maximum absolute atomic E-state index is 13.1. The number of hydrogen-bond acceptors (Lipinski definition) is 6. The number of rotatable bonds is 8.